The van der Waals surface area contributed by atoms with E-state index in [0.717, 1.165) is 11.1 Å². The summed E-state index contributed by atoms with van der Waals surface area (Å²) in [5.74, 6) is 2.56. The number of methoxy groups -OCH3 is 3. The first-order valence-corrected chi connectivity index (χ1v) is 10.9. The van der Waals surface area contributed by atoms with E-state index in [9.17, 15) is 4.79 Å². The number of halogens is 1. The summed E-state index contributed by atoms with van der Waals surface area (Å²) in [6.07, 6.45) is 0.675. The van der Waals surface area contributed by atoms with Gasteiger partial charge >= 0.3 is 0 Å². The third kappa shape index (κ3) is 4.27. The number of ether oxygens (including phenoxy) is 4. The van der Waals surface area contributed by atoms with Crippen LogP contribution in [0, 0.1) is 0 Å². The van der Waals surface area contributed by atoms with Crippen molar-refractivity contribution in [3.05, 3.63) is 70.1 Å². The van der Waals surface area contributed by atoms with E-state index in [0.29, 0.717) is 40.6 Å². The van der Waals surface area contributed by atoms with Crippen molar-refractivity contribution in [3.63, 3.8) is 0 Å². The predicted octanol–water partition coefficient (Wildman–Crippen LogP) is 4.89. The van der Waals surface area contributed by atoms with Gasteiger partial charge in [-0.1, -0.05) is 12.1 Å². The van der Waals surface area contributed by atoms with Crippen molar-refractivity contribution < 1.29 is 28.2 Å². The zero-order valence-corrected chi connectivity index (χ0v) is 19.7. The van der Waals surface area contributed by atoms with Crippen molar-refractivity contribution in [3.8, 4) is 23.0 Å². The zero-order chi connectivity index (χ0) is 22.7. The van der Waals surface area contributed by atoms with Gasteiger partial charge in [0, 0.05) is 6.54 Å². The molecule has 0 fully saturated rings. The van der Waals surface area contributed by atoms with Crippen LogP contribution in [-0.4, -0.2) is 45.3 Å². The zero-order valence-electron chi connectivity index (χ0n) is 18.1. The minimum absolute atomic E-state index is 0.204. The van der Waals surface area contributed by atoms with Crippen molar-refractivity contribution in [1.82, 2.24) is 4.90 Å². The molecule has 1 atom stereocenters. The van der Waals surface area contributed by atoms with Gasteiger partial charge in [0.05, 0.1) is 27.4 Å². The summed E-state index contributed by atoms with van der Waals surface area (Å²) < 4.78 is 28.6. The SMILES string of the molecule is COc1cc2c(cc1OC)C(COc1ccccc1OC)N(C(=O)c1ccc(Br)o1)CC2. The van der Waals surface area contributed by atoms with E-state index >= 15 is 0 Å². The number of para-hydroxylation sites is 2. The maximum atomic E-state index is 13.3. The van der Waals surface area contributed by atoms with E-state index in [4.69, 9.17) is 23.4 Å². The summed E-state index contributed by atoms with van der Waals surface area (Å²) in [6, 6.07) is 14.3. The topological polar surface area (TPSA) is 70.4 Å². The number of carbonyl (C=O) groups excluding carboxylic acids is 1. The van der Waals surface area contributed by atoms with Gasteiger partial charge in [-0.3, -0.25) is 4.79 Å². The van der Waals surface area contributed by atoms with Gasteiger partial charge in [-0.2, -0.15) is 0 Å². The Morgan fingerprint density at radius 1 is 1.00 bits per heavy atom. The summed E-state index contributed by atoms with van der Waals surface area (Å²) in [6.45, 7) is 0.746. The monoisotopic (exact) mass is 501 g/mol. The molecule has 7 nitrogen and oxygen atoms in total. The lowest BCUT2D eigenvalue weighted by atomic mass is 9.92. The molecule has 8 heteroatoms. The van der Waals surface area contributed by atoms with Gasteiger partial charge in [-0.25, -0.2) is 0 Å². The highest BCUT2D eigenvalue weighted by atomic mass is 79.9. The molecule has 1 aliphatic rings. The normalized spacial score (nSPS) is 15.1. The van der Waals surface area contributed by atoms with Crippen molar-refractivity contribution in [2.75, 3.05) is 34.5 Å². The lowest BCUT2D eigenvalue weighted by molar-refractivity contribution is 0.0554. The van der Waals surface area contributed by atoms with Crippen LogP contribution in [0.3, 0.4) is 0 Å². The van der Waals surface area contributed by atoms with Gasteiger partial charge in [0.2, 0.25) is 0 Å². The first kappa shape index (κ1) is 22.1. The fraction of sp³-hybridized carbons (Fsp3) is 0.292. The molecule has 2 heterocycles. The van der Waals surface area contributed by atoms with Crippen LogP contribution in [0.2, 0.25) is 0 Å². The number of hydrogen-bond acceptors (Lipinski definition) is 6. The molecule has 0 spiro atoms. The highest BCUT2D eigenvalue weighted by molar-refractivity contribution is 9.10. The van der Waals surface area contributed by atoms with Gasteiger partial charge < -0.3 is 28.3 Å². The Morgan fingerprint density at radius 3 is 2.34 bits per heavy atom. The van der Waals surface area contributed by atoms with E-state index in [1.54, 1.807) is 38.4 Å². The van der Waals surface area contributed by atoms with E-state index in [1.807, 2.05) is 36.4 Å². The second-order valence-electron chi connectivity index (χ2n) is 7.24. The Hall–Kier alpha value is -3.13. The number of nitrogens with zero attached hydrogens (tertiary/aromatic N) is 1. The average molecular weight is 502 g/mol. The minimum atomic E-state index is -0.361. The molecule has 0 aliphatic carbocycles. The number of fused-ring (bicyclic) bond motifs is 1. The Labute approximate surface area is 194 Å². The summed E-state index contributed by atoms with van der Waals surface area (Å²) in [4.78, 5) is 15.1. The molecular weight excluding hydrogens is 478 g/mol. The molecule has 1 aromatic heterocycles. The number of benzene rings is 2. The number of amides is 1. The number of carbonyl (C=O) groups is 1. The van der Waals surface area contributed by atoms with Crippen LogP contribution in [-0.2, 0) is 6.42 Å². The molecule has 3 aromatic rings. The van der Waals surface area contributed by atoms with Crippen molar-refractivity contribution in [1.29, 1.82) is 0 Å². The largest absolute Gasteiger partial charge is 0.493 e. The van der Waals surface area contributed by atoms with Gasteiger partial charge in [0.15, 0.2) is 33.4 Å². The smallest absolute Gasteiger partial charge is 0.290 e. The van der Waals surface area contributed by atoms with Crippen LogP contribution in [0.25, 0.3) is 0 Å². The molecule has 0 bridgehead atoms. The molecular formula is C24H24BrNO6. The van der Waals surface area contributed by atoms with Crippen molar-refractivity contribution in [2.45, 2.75) is 12.5 Å². The molecule has 1 aliphatic heterocycles. The molecule has 0 saturated carbocycles. The summed E-state index contributed by atoms with van der Waals surface area (Å²) in [5, 5.41) is 0. The Kier molecular flexibility index (Phi) is 6.60. The molecule has 4 rings (SSSR count). The first-order valence-electron chi connectivity index (χ1n) is 10.1. The summed E-state index contributed by atoms with van der Waals surface area (Å²) in [7, 11) is 4.80. The third-order valence-corrected chi connectivity index (χ3v) is 5.94. The highest BCUT2D eigenvalue weighted by Gasteiger charge is 2.34. The van der Waals surface area contributed by atoms with Gasteiger partial charge in [-0.15, -0.1) is 0 Å². The lowest BCUT2D eigenvalue weighted by Gasteiger charge is -2.37. The highest BCUT2D eigenvalue weighted by Crippen LogP contribution is 2.39. The molecule has 168 valence electrons. The lowest BCUT2D eigenvalue weighted by Crippen LogP contribution is -2.42. The fourth-order valence-electron chi connectivity index (χ4n) is 3.93. The Bertz CT molecular complexity index is 1110. The van der Waals surface area contributed by atoms with Gasteiger partial charge in [0.25, 0.3) is 5.91 Å². The number of furan rings is 1. The quantitative estimate of drug-likeness (QED) is 0.459. The summed E-state index contributed by atoms with van der Waals surface area (Å²) in [5.41, 5.74) is 2.03. The molecule has 0 saturated heterocycles. The molecule has 0 N–H and O–H groups in total. The van der Waals surface area contributed by atoms with Crippen LogP contribution in [0.4, 0.5) is 0 Å². The average Bonchev–Trinajstić information content (AvgIpc) is 3.27. The van der Waals surface area contributed by atoms with E-state index in [1.165, 1.54) is 0 Å². The van der Waals surface area contributed by atoms with Crippen LogP contribution in [0.15, 0.2) is 57.6 Å². The third-order valence-electron chi connectivity index (χ3n) is 5.51. The molecule has 1 unspecified atom stereocenters. The number of hydrogen-bond donors (Lipinski definition) is 0. The van der Waals surface area contributed by atoms with Crippen LogP contribution in [0.1, 0.15) is 27.7 Å². The second-order valence-corrected chi connectivity index (χ2v) is 8.02. The maximum Gasteiger partial charge on any atom is 0.290 e. The molecule has 1 amide bonds. The minimum Gasteiger partial charge on any atom is -0.493 e. The van der Waals surface area contributed by atoms with Crippen molar-refractivity contribution >= 4 is 21.8 Å². The molecule has 0 radical (unpaired) electrons. The Morgan fingerprint density at radius 2 is 1.69 bits per heavy atom. The first-order chi connectivity index (χ1) is 15.5. The molecule has 32 heavy (non-hydrogen) atoms. The Balaban J connectivity index is 1.71. The predicted molar refractivity (Wildman–Crippen MR) is 122 cm³/mol. The van der Waals surface area contributed by atoms with Crippen LogP contribution >= 0.6 is 15.9 Å². The van der Waals surface area contributed by atoms with Crippen molar-refractivity contribution in [2.24, 2.45) is 0 Å². The van der Waals surface area contributed by atoms with Gasteiger partial charge in [-0.05, 0) is 69.9 Å². The van der Waals surface area contributed by atoms with Crippen LogP contribution < -0.4 is 18.9 Å². The number of rotatable bonds is 7. The van der Waals surface area contributed by atoms with E-state index in [2.05, 4.69) is 15.9 Å². The van der Waals surface area contributed by atoms with Crippen LogP contribution in [0.5, 0.6) is 23.0 Å². The van der Waals surface area contributed by atoms with E-state index in [-0.39, 0.29) is 24.3 Å². The van der Waals surface area contributed by atoms with Gasteiger partial charge in [0.1, 0.15) is 6.61 Å². The maximum absolute atomic E-state index is 13.3. The standard InChI is InChI=1S/C24H24BrNO6/c1-28-18-6-4-5-7-19(18)31-14-17-16-13-22(30-3)21(29-2)12-15(16)10-11-26(17)24(27)20-8-9-23(25)32-20/h4-9,12-13,17H,10-11,14H2,1-3H3. The summed E-state index contributed by atoms with van der Waals surface area (Å²) >= 11 is 3.27. The van der Waals surface area contributed by atoms with E-state index < -0.39 is 0 Å². The molecule has 2 aromatic carbocycles. The fourth-order valence-corrected chi connectivity index (χ4v) is 4.24. The second kappa shape index (κ2) is 9.56.